The summed E-state index contributed by atoms with van der Waals surface area (Å²) in [6.07, 6.45) is 1.76. The van der Waals surface area contributed by atoms with Crippen LogP contribution in [-0.4, -0.2) is 17.9 Å². The number of hydrogen-bond donors (Lipinski definition) is 0. The summed E-state index contributed by atoms with van der Waals surface area (Å²) in [6.45, 7) is 0. The summed E-state index contributed by atoms with van der Waals surface area (Å²) < 4.78 is 1.78. The van der Waals surface area contributed by atoms with E-state index in [2.05, 4.69) is 10.1 Å². The van der Waals surface area contributed by atoms with Crippen LogP contribution < -0.4 is 4.80 Å². The molecule has 0 saturated carbocycles. The van der Waals surface area contributed by atoms with E-state index in [4.69, 9.17) is 34.8 Å². The third kappa shape index (κ3) is 3.73. The summed E-state index contributed by atoms with van der Waals surface area (Å²) >= 11 is 19.5. The molecule has 0 aliphatic carbocycles. The number of hydrogen-bond acceptors (Lipinski definition) is 3. The van der Waals surface area contributed by atoms with Crippen molar-refractivity contribution in [3.05, 3.63) is 73.3 Å². The van der Waals surface area contributed by atoms with Crippen LogP contribution in [0.1, 0.15) is 5.56 Å². The predicted octanol–water partition coefficient (Wildman–Crippen LogP) is 5.59. The molecule has 0 spiro atoms. The highest BCUT2D eigenvalue weighted by molar-refractivity contribution is 7.07. The molecule has 24 heavy (non-hydrogen) atoms. The maximum absolute atomic E-state index is 6.13. The molecule has 1 aromatic heterocycles. The molecule has 7 heteroatoms. The lowest BCUT2D eigenvalue weighted by Crippen LogP contribution is -2.11. The molecule has 0 unspecified atom stereocenters. The first-order chi connectivity index (χ1) is 11.6. The summed E-state index contributed by atoms with van der Waals surface area (Å²) in [6, 6.07) is 13.0. The third-order valence-electron chi connectivity index (χ3n) is 3.28. The number of nitrogens with zero attached hydrogens (tertiary/aromatic N) is 3. The first-order valence-electron chi connectivity index (χ1n) is 6.97. The van der Waals surface area contributed by atoms with Crippen molar-refractivity contribution in [1.82, 2.24) is 4.68 Å². The topological polar surface area (TPSA) is 29.6 Å². The Balaban J connectivity index is 2.05. The van der Waals surface area contributed by atoms with E-state index in [-0.39, 0.29) is 0 Å². The van der Waals surface area contributed by atoms with Gasteiger partial charge in [0.05, 0.1) is 22.0 Å². The van der Waals surface area contributed by atoms with Crippen molar-refractivity contribution in [2.24, 2.45) is 10.1 Å². The lowest BCUT2D eigenvalue weighted by Gasteiger charge is -2.05. The lowest BCUT2D eigenvalue weighted by atomic mass is 10.2. The van der Waals surface area contributed by atoms with Crippen LogP contribution in [0, 0.1) is 0 Å². The van der Waals surface area contributed by atoms with E-state index in [1.165, 1.54) is 11.3 Å². The molecule has 0 aliphatic rings. The quantitative estimate of drug-likeness (QED) is 0.517. The monoisotopic (exact) mass is 395 g/mol. The second-order valence-corrected chi connectivity index (χ2v) is 6.95. The SMILES string of the molecule is CN=c1scc(-c2ccc(Cl)c(Cl)c2)n1/N=C\c1ccc(Cl)cc1. The van der Waals surface area contributed by atoms with Crippen molar-refractivity contribution in [1.29, 1.82) is 0 Å². The minimum Gasteiger partial charge on any atom is -0.261 e. The highest BCUT2D eigenvalue weighted by Crippen LogP contribution is 2.28. The molecule has 0 N–H and O–H groups in total. The number of thiazole rings is 1. The van der Waals surface area contributed by atoms with Gasteiger partial charge in [0.15, 0.2) is 0 Å². The van der Waals surface area contributed by atoms with Gasteiger partial charge in [-0.25, -0.2) is 4.68 Å². The normalized spacial score (nSPS) is 12.2. The van der Waals surface area contributed by atoms with Gasteiger partial charge < -0.3 is 0 Å². The molecular formula is C17H12Cl3N3S. The minimum atomic E-state index is 0.503. The zero-order chi connectivity index (χ0) is 17.1. The van der Waals surface area contributed by atoms with Gasteiger partial charge in [0.2, 0.25) is 4.80 Å². The van der Waals surface area contributed by atoms with E-state index >= 15 is 0 Å². The highest BCUT2D eigenvalue weighted by Gasteiger charge is 2.09. The van der Waals surface area contributed by atoms with Gasteiger partial charge in [-0.1, -0.05) is 53.0 Å². The molecule has 122 valence electrons. The van der Waals surface area contributed by atoms with Gasteiger partial charge in [-0.05, 0) is 29.8 Å². The maximum atomic E-state index is 6.13. The van der Waals surface area contributed by atoms with Gasteiger partial charge in [-0.3, -0.25) is 4.99 Å². The fourth-order valence-electron chi connectivity index (χ4n) is 2.09. The molecule has 0 bridgehead atoms. The number of halogens is 3. The molecular weight excluding hydrogens is 385 g/mol. The maximum Gasteiger partial charge on any atom is 0.205 e. The average molecular weight is 397 g/mol. The summed E-state index contributed by atoms with van der Waals surface area (Å²) in [5, 5.41) is 8.26. The molecule has 1 heterocycles. The van der Waals surface area contributed by atoms with Gasteiger partial charge in [-0.15, -0.1) is 11.3 Å². The molecule has 0 fully saturated rings. The smallest absolute Gasteiger partial charge is 0.205 e. The van der Waals surface area contributed by atoms with Gasteiger partial charge in [0.25, 0.3) is 0 Å². The second kappa shape index (κ2) is 7.53. The van der Waals surface area contributed by atoms with E-state index in [9.17, 15) is 0 Å². The van der Waals surface area contributed by atoms with Crippen molar-refractivity contribution >= 4 is 52.4 Å². The molecule has 3 nitrogen and oxygen atoms in total. The zero-order valence-corrected chi connectivity index (χ0v) is 15.7. The first-order valence-corrected chi connectivity index (χ1v) is 8.98. The van der Waals surface area contributed by atoms with Crippen LogP contribution in [0.15, 0.2) is 57.9 Å². The summed E-state index contributed by atoms with van der Waals surface area (Å²) in [7, 11) is 1.73. The van der Waals surface area contributed by atoms with Crippen molar-refractivity contribution in [3.8, 4) is 11.3 Å². The fraction of sp³-hybridized carbons (Fsp3) is 0.0588. The van der Waals surface area contributed by atoms with E-state index < -0.39 is 0 Å². The fourth-order valence-corrected chi connectivity index (χ4v) is 3.32. The molecule has 3 aromatic rings. The van der Waals surface area contributed by atoms with E-state index in [0.29, 0.717) is 15.1 Å². The summed E-state index contributed by atoms with van der Waals surface area (Å²) in [5.41, 5.74) is 2.76. The molecule has 3 rings (SSSR count). The van der Waals surface area contributed by atoms with Crippen LogP contribution in [0.4, 0.5) is 0 Å². The Labute approximate surface area is 158 Å². The average Bonchev–Trinajstić information content (AvgIpc) is 3.00. The van der Waals surface area contributed by atoms with Crippen LogP contribution in [0.2, 0.25) is 15.1 Å². The molecule has 2 aromatic carbocycles. The van der Waals surface area contributed by atoms with Crippen LogP contribution in [0.3, 0.4) is 0 Å². The molecule has 0 amide bonds. The first kappa shape index (κ1) is 17.2. The Morgan fingerprint density at radius 1 is 1.00 bits per heavy atom. The Morgan fingerprint density at radius 3 is 2.42 bits per heavy atom. The van der Waals surface area contributed by atoms with E-state index in [0.717, 1.165) is 21.6 Å². The highest BCUT2D eigenvalue weighted by atomic mass is 35.5. The van der Waals surface area contributed by atoms with Gasteiger partial charge in [-0.2, -0.15) is 5.10 Å². The van der Waals surface area contributed by atoms with Crippen molar-refractivity contribution in [3.63, 3.8) is 0 Å². The summed E-state index contributed by atoms with van der Waals surface area (Å²) in [4.78, 5) is 5.05. The van der Waals surface area contributed by atoms with Crippen LogP contribution in [-0.2, 0) is 0 Å². The Bertz CT molecular complexity index is 956. The summed E-state index contributed by atoms with van der Waals surface area (Å²) in [5.74, 6) is 0. The number of rotatable bonds is 3. The Hall–Kier alpha value is -1.59. The molecule has 0 saturated heterocycles. The molecule has 0 radical (unpaired) electrons. The van der Waals surface area contributed by atoms with Gasteiger partial charge >= 0.3 is 0 Å². The zero-order valence-electron chi connectivity index (χ0n) is 12.6. The molecule has 0 aliphatic heterocycles. The van der Waals surface area contributed by atoms with Crippen molar-refractivity contribution < 1.29 is 0 Å². The van der Waals surface area contributed by atoms with Crippen LogP contribution >= 0.6 is 46.1 Å². The van der Waals surface area contributed by atoms with Gasteiger partial charge in [0.1, 0.15) is 0 Å². The number of aromatic nitrogens is 1. The third-order valence-corrected chi connectivity index (χ3v) is 5.18. The second-order valence-electron chi connectivity index (χ2n) is 4.86. The lowest BCUT2D eigenvalue weighted by molar-refractivity contribution is 0.848. The van der Waals surface area contributed by atoms with Crippen LogP contribution in [0.25, 0.3) is 11.3 Å². The van der Waals surface area contributed by atoms with Crippen LogP contribution in [0.5, 0.6) is 0 Å². The van der Waals surface area contributed by atoms with Crippen molar-refractivity contribution in [2.75, 3.05) is 7.05 Å². The van der Waals surface area contributed by atoms with Crippen molar-refractivity contribution in [2.45, 2.75) is 0 Å². The molecule has 0 atom stereocenters. The van der Waals surface area contributed by atoms with E-state index in [1.54, 1.807) is 24.0 Å². The number of benzene rings is 2. The van der Waals surface area contributed by atoms with Gasteiger partial charge in [0, 0.05) is 23.0 Å². The Morgan fingerprint density at radius 2 is 1.75 bits per heavy atom. The predicted molar refractivity (Wildman–Crippen MR) is 104 cm³/mol. The standard InChI is InChI=1S/C17H12Cl3N3S/c1-21-17-23(22-9-11-2-5-13(18)6-3-11)16(10-24-17)12-4-7-14(19)15(20)8-12/h2-10H,1H3/b21-17?,22-9-. The largest absolute Gasteiger partial charge is 0.261 e. The van der Waals surface area contributed by atoms with E-state index in [1.807, 2.05) is 41.8 Å². The minimum absolute atomic E-state index is 0.503. The Kier molecular flexibility index (Phi) is 5.41.